The van der Waals surface area contributed by atoms with Crippen molar-refractivity contribution in [3.05, 3.63) is 47.3 Å². The van der Waals surface area contributed by atoms with Crippen LogP contribution < -0.4 is 0 Å². The summed E-state index contributed by atoms with van der Waals surface area (Å²) in [5.74, 6) is 0.187. The van der Waals surface area contributed by atoms with Crippen LogP contribution in [0.2, 0.25) is 0 Å². The van der Waals surface area contributed by atoms with Crippen molar-refractivity contribution in [1.29, 1.82) is 0 Å². The molecule has 0 bridgehead atoms. The number of Topliss-reactive ketones (excluding diaryl/α,β-unsaturated/α-hetero) is 1. The summed E-state index contributed by atoms with van der Waals surface area (Å²) >= 11 is 1.51. The van der Waals surface area contributed by atoms with E-state index in [1.54, 1.807) is 0 Å². The summed E-state index contributed by atoms with van der Waals surface area (Å²) in [6, 6.07) is 7.69. The summed E-state index contributed by atoms with van der Waals surface area (Å²) in [6.45, 7) is 10.2. The Morgan fingerprint density at radius 3 is 2.32 bits per heavy atom. The molecule has 0 unspecified atom stereocenters. The molecule has 4 heteroatoms. The van der Waals surface area contributed by atoms with Crippen molar-refractivity contribution in [2.75, 3.05) is 0 Å². The standard InChI is InChI=1S/C18H22N2OS/c1-12-11-19-17(20-13(12)2)22-15-8-6-14(7-9-15)16(21)10-18(3,4)5/h6-9,11H,10H2,1-5H3. The Kier molecular flexibility index (Phi) is 5.01. The zero-order valence-corrected chi connectivity index (χ0v) is 14.6. The monoisotopic (exact) mass is 314 g/mol. The third-order valence-electron chi connectivity index (χ3n) is 3.28. The molecular weight excluding hydrogens is 292 g/mol. The minimum absolute atomic E-state index is 0.0117. The molecule has 22 heavy (non-hydrogen) atoms. The van der Waals surface area contributed by atoms with Gasteiger partial charge in [0.1, 0.15) is 0 Å². The summed E-state index contributed by atoms with van der Waals surface area (Å²) in [5.41, 5.74) is 2.86. The average molecular weight is 314 g/mol. The van der Waals surface area contributed by atoms with Crippen LogP contribution in [-0.4, -0.2) is 15.8 Å². The normalized spacial score (nSPS) is 11.5. The molecule has 0 aliphatic carbocycles. The van der Waals surface area contributed by atoms with Crippen LogP contribution in [0.4, 0.5) is 0 Å². The molecule has 0 N–H and O–H groups in total. The van der Waals surface area contributed by atoms with Crippen molar-refractivity contribution >= 4 is 17.5 Å². The number of nitrogens with zero attached hydrogens (tertiary/aromatic N) is 2. The molecule has 0 saturated heterocycles. The van der Waals surface area contributed by atoms with Crippen LogP contribution in [0.15, 0.2) is 40.5 Å². The number of ketones is 1. The van der Waals surface area contributed by atoms with Crippen LogP contribution in [0.1, 0.15) is 48.8 Å². The van der Waals surface area contributed by atoms with Gasteiger partial charge in [0, 0.05) is 28.8 Å². The largest absolute Gasteiger partial charge is 0.294 e. The van der Waals surface area contributed by atoms with Gasteiger partial charge in [0.15, 0.2) is 10.9 Å². The number of carbonyl (C=O) groups is 1. The van der Waals surface area contributed by atoms with Crippen molar-refractivity contribution in [1.82, 2.24) is 9.97 Å². The second-order valence-corrected chi connectivity index (χ2v) is 7.75. The van der Waals surface area contributed by atoms with E-state index < -0.39 is 0 Å². The summed E-state index contributed by atoms with van der Waals surface area (Å²) < 4.78 is 0. The molecule has 1 aromatic carbocycles. The van der Waals surface area contributed by atoms with Gasteiger partial charge < -0.3 is 0 Å². The third kappa shape index (κ3) is 4.67. The van der Waals surface area contributed by atoms with Gasteiger partial charge in [0.2, 0.25) is 0 Å². The lowest BCUT2D eigenvalue weighted by Crippen LogP contribution is -2.12. The fourth-order valence-corrected chi connectivity index (χ4v) is 2.72. The lowest BCUT2D eigenvalue weighted by molar-refractivity contribution is 0.0940. The van der Waals surface area contributed by atoms with Gasteiger partial charge >= 0.3 is 0 Å². The zero-order valence-electron chi connectivity index (χ0n) is 13.8. The Balaban J connectivity index is 2.08. The molecule has 2 aromatic rings. The Morgan fingerprint density at radius 1 is 1.14 bits per heavy atom. The fraction of sp³-hybridized carbons (Fsp3) is 0.389. The van der Waals surface area contributed by atoms with E-state index in [0.29, 0.717) is 6.42 Å². The van der Waals surface area contributed by atoms with Crippen LogP contribution in [-0.2, 0) is 0 Å². The maximum Gasteiger partial charge on any atom is 0.192 e. The molecule has 0 aliphatic heterocycles. The number of hydrogen-bond donors (Lipinski definition) is 0. The Hall–Kier alpha value is -1.68. The molecule has 0 aliphatic rings. The Morgan fingerprint density at radius 2 is 1.77 bits per heavy atom. The van der Waals surface area contributed by atoms with E-state index in [2.05, 4.69) is 30.7 Å². The van der Waals surface area contributed by atoms with Crippen LogP contribution in [0, 0.1) is 19.3 Å². The van der Waals surface area contributed by atoms with Crippen LogP contribution >= 0.6 is 11.8 Å². The molecule has 0 fully saturated rings. The van der Waals surface area contributed by atoms with Crippen LogP contribution in [0.5, 0.6) is 0 Å². The average Bonchev–Trinajstić information content (AvgIpc) is 2.42. The van der Waals surface area contributed by atoms with Gasteiger partial charge in [-0.3, -0.25) is 4.79 Å². The highest BCUT2D eigenvalue weighted by Gasteiger charge is 2.17. The molecule has 0 atom stereocenters. The lowest BCUT2D eigenvalue weighted by atomic mass is 9.88. The summed E-state index contributed by atoms with van der Waals surface area (Å²) in [5, 5.41) is 0.733. The quantitative estimate of drug-likeness (QED) is 0.597. The summed E-state index contributed by atoms with van der Waals surface area (Å²) in [7, 11) is 0. The lowest BCUT2D eigenvalue weighted by Gasteiger charge is -2.16. The first-order valence-electron chi connectivity index (χ1n) is 7.36. The minimum Gasteiger partial charge on any atom is -0.294 e. The molecular formula is C18H22N2OS. The fourth-order valence-electron chi connectivity index (χ4n) is 1.95. The highest BCUT2D eigenvalue weighted by atomic mass is 32.2. The van der Waals surface area contributed by atoms with Gasteiger partial charge in [0.05, 0.1) is 0 Å². The van der Waals surface area contributed by atoms with Gasteiger partial charge in [-0.25, -0.2) is 9.97 Å². The molecule has 0 saturated carbocycles. The third-order valence-corrected chi connectivity index (χ3v) is 4.17. The number of carbonyl (C=O) groups excluding carboxylic acids is 1. The van der Waals surface area contributed by atoms with E-state index in [9.17, 15) is 4.79 Å². The number of benzene rings is 1. The van der Waals surface area contributed by atoms with Gasteiger partial charge in [-0.1, -0.05) is 32.9 Å². The van der Waals surface area contributed by atoms with Crippen molar-refractivity contribution in [2.24, 2.45) is 5.41 Å². The van der Waals surface area contributed by atoms with Crippen LogP contribution in [0.3, 0.4) is 0 Å². The van der Waals surface area contributed by atoms with Crippen molar-refractivity contribution < 1.29 is 4.79 Å². The van der Waals surface area contributed by atoms with E-state index in [-0.39, 0.29) is 11.2 Å². The molecule has 1 aromatic heterocycles. The Labute approximate surface area is 136 Å². The molecule has 116 valence electrons. The topological polar surface area (TPSA) is 42.9 Å². The highest BCUT2D eigenvalue weighted by molar-refractivity contribution is 7.99. The molecule has 0 spiro atoms. The molecule has 3 nitrogen and oxygen atoms in total. The minimum atomic E-state index is 0.0117. The molecule has 2 rings (SSSR count). The van der Waals surface area contributed by atoms with E-state index in [1.807, 2.05) is 44.3 Å². The van der Waals surface area contributed by atoms with Gasteiger partial charge in [-0.2, -0.15) is 0 Å². The SMILES string of the molecule is Cc1cnc(Sc2ccc(C(=O)CC(C)(C)C)cc2)nc1C. The first kappa shape index (κ1) is 16.7. The van der Waals surface area contributed by atoms with Crippen molar-refractivity contribution in [3.8, 4) is 0 Å². The summed E-state index contributed by atoms with van der Waals surface area (Å²) in [6.07, 6.45) is 2.39. The molecule has 0 amide bonds. The van der Waals surface area contributed by atoms with E-state index in [1.165, 1.54) is 11.8 Å². The maximum absolute atomic E-state index is 12.2. The number of rotatable bonds is 4. The molecule has 0 radical (unpaired) electrons. The van der Waals surface area contributed by atoms with E-state index >= 15 is 0 Å². The van der Waals surface area contributed by atoms with Crippen molar-refractivity contribution in [3.63, 3.8) is 0 Å². The van der Waals surface area contributed by atoms with Gasteiger partial charge in [-0.05, 0) is 48.7 Å². The Bertz CT molecular complexity index is 672. The van der Waals surface area contributed by atoms with Crippen molar-refractivity contribution in [2.45, 2.75) is 51.1 Å². The van der Waals surface area contributed by atoms with Gasteiger partial charge in [0.25, 0.3) is 0 Å². The first-order valence-corrected chi connectivity index (χ1v) is 8.18. The summed E-state index contributed by atoms with van der Waals surface area (Å²) in [4.78, 5) is 22.0. The highest BCUT2D eigenvalue weighted by Crippen LogP contribution is 2.26. The first-order chi connectivity index (χ1) is 10.2. The number of aromatic nitrogens is 2. The maximum atomic E-state index is 12.2. The second kappa shape index (κ2) is 6.61. The predicted molar refractivity (Wildman–Crippen MR) is 90.5 cm³/mol. The van der Waals surface area contributed by atoms with E-state index in [4.69, 9.17) is 0 Å². The number of aryl methyl sites for hydroxylation is 2. The van der Waals surface area contributed by atoms with E-state index in [0.717, 1.165) is 26.9 Å². The smallest absolute Gasteiger partial charge is 0.192 e. The number of hydrogen-bond acceptors (Lipinski definition) is 4. The predicted octanol–water partition coefficient (Wildman–Crippen LogP) is 4.86. The molecule has 1 heterocycles. The van der Waals surface area contributed by atoms with Crippen LogP contribution in [0.25, 0.3) is 0 Å². The second-order valence-electron chi connectivity index (χ2n) is 6.71. The van der Waals surface area contributed by atoms with Gasteiger partial charge in [-0.15, -0.1) is 0 Å². The zero-order chi connectivity index (χ0) is 16.3.